The lowest BCUT2D eigenvalue weighted by Crippen LogP contribution is -2.42. The highest BCUT2D eigenvalue weighted by Gasteiger charge is 2.27. The Morgan fingerprint density at radius 1 is 1.21 bits per heavy atom. The van der Waals surface area contributed by atoms with Crippen LogP contribution in [0.3, 0.4) is 0 Å². The van der Waals surface area contributed by atoms with Crippen LogP contribution in [0.1, 0.15) is 5.56 Å². The van der Waals surface area contributed by atoms with E-state index in [-0.39, 0.29) is 23.9 Å². The molecule has 0 unspecified atom stereocenters. The maximum Gasteiger partial charge on any atom is 0.387 e. The molecule has 1 amide bonds. The molecule has 0 spiro atoms. The second kappa shape index (κ2) is 9.09. The van der Waals surface area contributed by atoms with E-state index in [0.29, 0.717) is 17.1 Å². The minimum Gasteiger partial charge on any atom is -0.493 e. The van der Waals surface area contributed by atoms with Gasteiger partial charge in [0.15, 0.2) is 23.0 Å². The van der Waals surface area contributed by atoms with Crippen molar-refractivity contribution in [1.29, 1.82) is 0 Å². The first-order valence-electron chi connectivity index (χ1n) is 8.44. The first-order chi connectivity index (χ1) is 14.0. The van der Waals surface area contributed by atoms with Crippen molar-refractivity contribution in [3.63, 3.8) is 0 Å². The van der Waals surface area contributed by atoms with Gasteiger partial charge in [-0.15, -0.1) is 0 Å². The lowest BCUT2D eigenvalue weighted by Gasteiger charge is -2.24. The maximum absolute atomic E-state index is 12.6. The summed E-state index contributed by atoms with van der Waals surface area (Å²) < 4.78 is 50.8. The van der Waals surface area contributed by atoms with Gasteiger partial charge in [0.1, 0.15) is 6.61 Å². The van der Waals surface area contributed by atoms with Crippen LogP contribution < -0.4 is 29.1 Å². The van der Waals surface area contributed by atoms with E-state index < -0.39 is 18.6 Å². The van der Waals surface area contributed by atoms with Crippen molar-refractivity contribution in [1.82, 2.24) is 5.43 Å². The molecule has 1 aliphatic heterocycles. The number of alkyl halides is 2. The Hall–Kier alpha value is -3.56. The van der Waals surface area contributed by atoms with Crippen LogP contribution in [0.2, 0.25) is 0 Å². The van der Waals surface area contributed by atoms with E-state index in [1.807, 2.05) is 0 Å². The highest BCUT2D eigenvalue weighted by Crippen LogP contribution is 2.39. The number of carbonyl (C=O) groups is 1. The first-order valence-corrected chi connectivity index (χ1v) is 8.44. The number of hydrogen-bond donors (Lipinski definition) is 1. The van der Waals surface area contributed by atoms with Gasteiger partial charge in [-0.25, -0.2) is 5.43 Å². The number of methoxy groups -OCH3 is 2. The third-order valence-corrected chi connectivity index (χ3v) is 3.88. The summed E-state index contributed by atoms with van der Waals surface area (Å²) in [6, 6.07) is 9.82. The number of halogens is 2. The van der Waals surface area contributed by atoms with Gasteiger partial charge in [-0.05, 0) is 24.3 Å². The minimum absolute atomic E-state index is 0.0260. The number of ether oxygens (including phenoxy) is 5. The molecule has 3 rings (SSSR count). The van der Waals surface area contributed by atoms with Crippen LogP contribution in [0.5, 0.6) is 28.7 Å². The molecule has 0 saturated heterocycles. The molecule has 0 aliphatic carbocycles. The summed E-state index contributed by atoms with van der Waals surface area (Å²) in [5, 5.41) is 3.85. The average Bonchev–Trinajstić information content (AvgIpc) is 2.73. The smallest absolute Gasteiger partial charge is 0.387 e. The number of nitrogens with zero attached hydrogens (tertiary/aromatic N) is 1. The molecule has 154 valence electrons. The number of hydrazone groups is 1. The molecular weight excluding hydrogens is 390 g/mol. The topological polar surface area (TPSA) is 87.6 Å². The van der Waals surface area contributed by atoms with Gasteiger partial charge in [0.2, 0.25) is 11.9 Å². The van der Waals surface area contributed by atoms with Gasteiger partial charge in [0, 0.05) is 5.56 Å². The summed E-state index contributed by atoms with van der Waals surface area (Å²) in [6.07, 6.45) is 0.431. The zero-order valence-electron chi connectivity index (χ0n) is 15.6. The largest absolute Gasteiger partial charge is 0.493 e. The third-order valence-electron chi connectivity index (χ3n) is 3.88. The summed E-state index contributed by atoms with van der Waals surface area (Å²) in [5.41, 5.74) is 2.77. The van der Waals surface area contributed by atoms with Gasteiger partial charge in [-0.2, -0.15) is 13.9 Å². The van der Waals surface area contributed by atoms with Crippen molar-refractivity contribution < 1.29 is 37.3 Å². The van der Waals surface area contributed by atoms with Gasteiger partial charge in [0.05, 0.1) is 20.4 Å². The van der Waals surface area contributed by atoms with Crippen molar-refractivity contribution in [2.24, 2.45) is 5.10 Å². The predicted molar refractivity (Wildman–Crippen MR) is 98.3 cm³/mol. The van der Waals surface area contributed by atoms with Gasteiger partial charge < -0.3 is 23.7 Å². The number of para-hydroxylation sites is 2. The predicted octanol–water partition coefficient (Wildman–Crippen LogP) is 2.60. The number of carbonyl (C=O) groups excluding carboxylic acids is 1. The fraction of sp³-hybridized carbons (Fsp3) is 0.263. The molecule has 0 saturated carbocycles. The lowest BCUT2D eigenvalue weighted by molar-refractivity contribution is -0.130. The molecule has 29 heavy (non-hydrogen) atoms. The standard InChI is InChI=1S/C19H18F2N2O6/c1-25-14-7-11(8-15(26-2)17(14)29-19(20)21)9-22-23-18(24)16-10-27-12-5-3-4-6-13(12)28-16/h3-9,16,19H,10H2,1-2H3,(H,23,24)/b22-9-/t16-/m1/s1. The van der Waals surface area contributed by atoms with Gasteiger partial charge >= 0.3 is 6.61 Å². The summed E-state index contributed by atoms with van der Waals surface area (Å²) >= 11 is 0. The fourth-order valence-electron chi connectivity index (χ4n) is 2.57. The molecule has 2 aromatic carbocycles. The Labute approximate surface area is 165 Å². The number of hydrogen-bond acceptors (Lipinski definition) is 7. The second-order valence-electron chi connectivity index (χ2n) is 5.73. The van der Waals surface area contributed by atoms with Crippen molar-refractivity contribution in [2.45, 2.75) is 12.7 Å². The second-order valence-corrected chi connectivity index (χ2v) is 5.73. The lowest BCUT2D eigenvalue weighted by atomic mass is 10.2. The summed E-state index contributed by atoms with van der Waals surface area (Å²) in [7, 11) is 2.60. The molecule has 8 nitrogen and oxygen atoms in total. The van der Waals surface area contributed by atoms with E-state index in [0.717, 1.165) is 0 Å². The van der Waals surface area contributed by atoms with Gasteiger partial charge in [0.25, 0.3) is 5.91 Å². The van der Waals surface area contributed by atoms with Gasteiger partial charge in [-0.1, -0.05) is 12.1 Å². The molecule has 0 fully saturated rings. The van der Waals surface area contributed by atoms with Crippen LogP contribution in [0, 0.1) is 0 Å². The zero-order valence-corrected chi connectivity index (χ0v) is 15.6. The number of benzene rings is 2. The third kappa shape index (κ3) is 4.84. The Morgan fingerprint density at radius 2 is 1.86 bits per heavy atom. The molecular formula is C19H18F2N2O6. The van der Waals surface area contributed by atoms with Crippen molar-refractivity contribution in [3.8, 4) is 28.7 Å². The van der Waals surface area contributed by atoms with Crippen LogP contribution in [0.25, 0.3) is 0 Å². The molecule has 0 bridgehead atoms. The maximum atomic E-state index is 12.6. The van der Waals surface area contributed by atoms with E-state index in [9.17, 15) is 13.6 Å². The Morgan fingerprint density at radius 3 is 2.48 bits per heavy atom. The normalized spacial score (nSPS) is 15.3. The molecule has 1 aliphatic rings. The molecule has 1 atom stereocenters. The zero-order chi connectivity index (χ0) is 20.8. The highest BCUT2D eigenvalue weighted by molar-refractivity contribution is 5.86. The average molecular weight is 408 g/mol. The Balaban J connectivity index is 1.68. The molecule has 0 radical (unpaired) electrons. The summed E-state index contributed by atoms with van der Waals surface area (Å²) in [5.74, 6) is 0.332. The van der Waals surface area contributed by atoms with Gasteiger partial charge in [-0.3, -0.25) is 4.79 Å². The first kappa shape index (κ1) is 20.2. The number of amides is 1. The molecule has 1 heterocycles. The molecule has 10 heteroatoms. The van der Waals surface area contributed by atoms with E-state index >= 15 is 0 Å². The van der Waals surface area contributed by atoms with Crippen LogP contribution >= 0.6 is 0 Å². The van der Waals surface area contributed by atoms with Crippen molar-refractivity contribution in [2.75, 3.05) is 20.8 Å². The minimum atomic E-state index is -3.04. The Bertz CT molecular complexity index is 881. The number of nitrogens with one attached hydrogen (secondary N) is 1. The van der Waals surface area contributed by atoms with E-state index in [4.69, 9.17) is 18.9 Å². The quantitative estimate of drug-likeness (QED) is 0.560. The number of rotatable bonds is 7. The molecule has 2 aromatic rings. The van der Waals surface area contributed by atoms with Crippen LogP contribution in [-0.4, -0.2) is 45.7 Å². The number of fused-ring (bicyclic) bond motifs is 1. The summed E-state index contributed by atoms with van der Waals surface area (Å²) in [4.78, 5) is 12.2. The van der Waals surface area contributed by atoms with E-state index in [2.05, 4.69) is 15.3 Å². The SMILES string of the molecule is COc1cc(/C=N\NC(=O)[C@H]2COc3ccccc3O2)cc(OC)c1OC(F)F. The van der Waals surface area contributed by atoms with Crippen molar-refractivity contribution >= 4 is 12.1 Å². The van der Waals surface area contributed by atoms with Crippen LogP contribution in [0.15, 0.2) is 41.5 Å². The fourth-order valence-corrected chi connectivity index (χ4v) is 2.57. The molecule has 1 N–H and O–H groups in total. The van der Waals surface area contributed by atoms with E-state index in [1.165, 1.54) is 32.6 Å². The van der Waals surface area contributed by atoms with Crippen molar-refractivity contribution in [3.05, 3.63) is 42.0 Å². The van der Waals surface area contributed by atoms with Crippen LogP contribution in [0.4, 0.5) is 8.78 Å². The van der Waals surface area contributed by atoms with Crippen LogP contribution in [-0.2, 0) is 4.79 Å². The Kier molecular flexibility index (Phi) is 6.32. The molecule has 0 aromatic heterocycles. The summed E-state index contributed by atoms with van der Waals surface area (Å²) in [6.45, 7) is -3.00. The monoisotopic (exact) mass is 408 g/mol. The van der Waals surface area contributed by atoms with E-state index in [1.54, 1.807) is 24.3 Å². The highest BCUT2D eigenvalue weighted by atomic mass is 19.3.